The molecule has 7 nitrogen and oxygen atoms in total. The number of morpholine rings is 1. The van der Waals surface area contributed by atoms with Crippen molar-refractivity contribution in [3.63, 3.8) is 0 Å². The quantitative estimate of drug-likeness (QED) is 0.479. The molecule has 0 saturated carbocycles. The van der Waals surface area contributed by atoms with Crippen molar-refractivity contribution in [2.75, 3.05) is 39.4 Å². The van der Waals surface area contributed by atoms with Crippen LogP contribution in [-0.2, 0) is 11.3 Å². The maximum Gasteiger partial charge on any atom is 0.251 e. The number of rotatable bonds is 7. The summed E-state index contributed by atoms with van der Waals surface area (Å²) in [6, 6.07) is 8.06. The number of guanidine groups is 1. The molecule has 1 amide bonds. The molecular formula is C22H37N5O2. The Bertz CT molecular complexity index is 678. The molecule has 1 aromatic carbocycles. The molecule has 1 saturated heterocycles. The van der Waals surface area contributed by atoms with Gasteiger partial charge in [-0.1, -0.05) is 12.1 Å². The van der Waals surface area contributed by atoms with Crippen LogP contribution in [0.5, 0.6) is 0 Å². The second-order valence-electron chi connectivity index (χ2n) is 8.48. The number of nitrogens with zero attached hydrogens (tertiary/aromatic N) is 2. The molecule has 1 fully saturated rings. The molecule has 7 heteroatoms. The summed E-state index contributed by atoms with van der Waals surface area (Å²) in [6.07, 6.45) is 0. The number of nitrogens with one attached hydrogen (secondary N) is 3. The smallest absolute Gasteiger partial charge is 0.251 e. The molecule has 0 aromatic heterocycles. The van der Waals surface area contributed by atoms with Gasteiger partial charge in [0.05, 0.1) is 19.8 Å². The van der Waals surface area contributed by atoms with Crippen LogP contribution < -0.4 is 16.0 Å². The summed E-state index contributed by atoms with van der Waals surface area (Å²) in [5.41, 5.74) is 1.40. The zero-order valence-electron chi connectivity index (χ0n) is 18.5. The van der Waals surface area contributed by atoms with Crippen molar-refractivity contribution >= 4 is 11.9 Å². The molecule has 29 heavy (non-hydrogen) atoms. The highest BCUT2D eigenvalue weighted by atomic mass is 16.5. The summed E-state index contributed by atoms with van der Waals surface area (Å²) < 4.78 is 5.43. The first-order valence-corrected chi connectivity index (χ1v) is 10.5. The van der Waals surface area contributed by atoms with Crippen molar-refractivity contribution < 1.29 is 9.53 Å². The highest BCUT2D eigenvalue weighted by molar-refractivity contribution is 5.94. The predicted molar refractivity (Wildman–Crippen MR) is 118 cm³/mol. The number of carbonyl (C=O) groups excluding carboxylic acids is 1. The Hall–Kier alpha value is -2.12. The number of amides is 1. The highest BCUT2D eigenvalue weighted by Crippen LogP contribution is 2.09. The van der Waals surface area contributed by atoms with Crippen LogP contribution in [0.2, 0.25) is 0 Å². The molecular weight excluding hydrogens is 366 g/mol. The van der Waals surface area contributed by atoms with Crippen LogP contribution in [0, 0.1) is 0 Å². The van der Waals surface area contributed by atoms with E-state index in [-0.39, 0.29) is 11.4 Å². The van der Waals surface area contributed by atoms with E-state index < -0.39 is 0 Å². The van der Waals surface area contributed by atoms with E-state index in [2.05, 4.69) is 34.7 Å². The largest absolute Gasteiger partial charge is 0.379 e. The van der Waals surface area contributed by atoms with Crippen molar-refractivity contribution in [1.29, 1.82) is 0 Å². The molecule has 1 aliphatic rings. The number of hydrogen-bond acceptors (Lipinski definition) is 4. The molecule has 0 radical (unpaired) electrons. The molecule has 1 aromatic rings. The van der Waals surface area contributed by atoms with Gasteiger partial charge in [0.25, 0.3) is 5.91 Å². The van der Waals surface area contributed by atoms with Gasteiger partial charge in [-0.05, 0) is 52.3 Å². The van der Waals surface area contributed by atoms with Crippen molar-refractivity contribution in [3.8, 4) is 0 Å². The lowest BCUT2D eigenvalue weighted by molar-refractivity contribution is 0.0211. The molecule has 2 rings (SSSR count). The Kier molecular flexibility index (Phi) is 8.92. The van der Waals surface area contributed by atoms with E-state index >= 15 is 0 Å². The maximum atomic E-state index is 12.4. The lowest BCUT2D eigenvalue weighted by Gasteiger charge is -2.32. The first-order valence-electron chi connectivity index (χ1n) is 10.5. The van der Waals surface area contributed by atoms with Crippen LogP contribution in [0.3, 0.4) is 0 Å². The fourth-order valence-corrected chi connectivity index (χ4v) is 3.13. The van der Waals surface area contributed by atoms with Gasteiger partial charge in [-0.2, -0.15) is 0 Å². The fourth-order valence-electron chi connectivity index (χ4n) is 3.13. The third kappa shape index (κ3) is 8.41. The van der Waals surface area contributed by atoms with E-state index in [0.717, 1.165) is 50.9 Å². The fraction of sp³-hybridized carbons (Fsp3) is 0.636. The molecule has 1 atom stereocenters. The van der Waals surface area contributed by atoms with Crippen LogP contribution in [0.25, 0.3) is 0 Å². The zero-order chi connectivity index (χ0) is 21.3. The normalized spacial score (nSPS) is 16.9. The lowest BCUT2D eigenvalue weighted by atomic mass is 10.1. The third-order valence-corrected chi connectivity index (χ3v) is 4.68. The molecule has 1 heterocycles. The van der Waals surface area contributed by atoms with Gasteiger partial charge in [0.15, 0.2) is 5.96 Å². The standard InChI is InChI=1S/C22H37N5O2/c1-6-23-21(24-15-17(2)27-10-12-29-13-11-27)25-16-18-8-7-9-19(14-18)20(28)26-22(3,4)5/h7-9,14,17H,6,10-13,15-16H2,1-5H3,(H,26,28)(H2,23,24,25). The van der Waals surface area contributed by atoms with Crippen LogP contribution in [0.4, 0.5) is 0 Å². The van der Waals surface area contributed by atoms with Gasteiger partial charge in [-0.25, -0.2) is 4.99 Å². The minimum Gasteiger partial charge on any atom is -0.379 e. The average molecular weight is 404 g/mol. The molecule has 162 valence electrons. The topological polar surface area (TPSA) is 78.0 Å². The average Bonchev–Trinajstić information content (AvgIpc) is 2.69. The third-order valence-electron chi connectivity index (χ3n) is 4.68. The van der Waals surface area contributed by atoms with E-state index in [9.17, 15) is 4.79 Å². The van der Waals surface area contributed by atoms with Gasteiger partial charge >= 0.3 is 0 Å². The SMILES string of the molecule is CCNC(=NCc1cccc(C(=O)NC(C)(C)C)c1)NCC(C)N1CCOCC1. The Labute approximate surface area is 175 Å². The molecule has 1 unspecified atom stereocenters. The summed E-state index contributed by atoms with van der Waals surface area (Å²) in [5.74, 6) is 0.727. The highest BCUT2D eigenvalue weighted by Gasteiger charge is 2.17. The molecule has 3 N–H and O–H groups in total. The van der Waals surface area contributed by atoms with Crippen LogP contribution in [-0.4, -0.2) is 67.7 Å². The van der Waals surface area contributed by atoms with Crippen LogP contribution in [0.1, 0.15) is 50.5 Å². The van der Waals surface area contributed by atoms with Gasteiger partial charge in [-0.15, -0.1) is 0 Å². The van der Waals surface area contributed by atoms with Crippen molar-refractivity contribution in [2.45, 2.75) is 52.7 Å². The van der Waals surface area contributed by atoms with Gasteiger partial charge in [-0.3, -0.25) is 9.69 Å². The van der Waals surface area contributed by atoms with Crippen molar-refractivity contribution in [1.82, 2.24) is 20.9 Å². The van der Waals surface area contributed by atoms with E-state index in [0.29, 0.717) is 18.2 Å². The zero-order valence-corrected chi connectivity index (χ0v) is 18.5. The minimum atomic E-state index is -0.259. The Morgan fingerprint density at radius 2 is 1.97 bits per heavy atom. The number of aliphatic imine (C=N–C) groups is 1. The summed E-state index contributed by atoms with van der Waals surface area (Å²) in [4.78, 5) is 19.5. The summed E-state index contributed by atoms with van der Waals surface area (Å²) in [7, 11) is 0. The number of ether oxygens (including phenoxy) is 1. The van der Waals surface area contributed by atoms with Crippen molar-refractivity contribution in [3.05, 3.63) is 35.4 Å². The van der Waals surface area contributed by atoms with Gasteiger partial charge < -0.3 is 20.7 Å². The van der Waals surface area contributed by atoms with Crippen molar-refractivity contribution in [2.24, 2.45) is 4.99 Å². The van der Waals surface area contributed by atoms with E-state index in [1.165, 1.54) is 0 Å². The second kappa shape index (κ2) is 11.2. The van der Waals surface area contributed by atoms with E-state index in [1.54, 1.807) is 0 Å². The van der Waals surface area contributed by atoms with E-state index in [1.807, 2.05) is 45.0 Å². The van der Waals surface area contributed by atoms with Crippen LogP contribution >= 0.6 is 0 Å². The predicted octanol–water partition coefficient (Wildman–Crippen LogP) is 1.99. The van der Waals surface area contributed by atoms with Gasteiger partial charge in [0.2, 0.25) is 0 Å². The summed E-state index contributed by atoms with van der Waals surface area (Å²) in [6.45, 7) is 15.9. The first kappa shape index (κ1) is 23.2. The van der Waals surface area contributed by atoms with E-state index in [4.69, 9.17) is 9.73 Å². The summed E-state index contributed by atoms with van der Waals surface area (Å²) >= 11 is 0. The maximum absolute atomic E-state index is 12.4. The second-order valence-corrected chi connectivity index (χ2v) is 8.48. The Balaban J connectivity index is 1.95. The number of hydrogen-bond donors (Lipinski definition) is 3. The van der Waals surface area contributed by atoms with Gasteiger partial charge in [0, 0.05) is 43.3 Å². The molecule has 0 spiro atoms. The Morgan fingerprint density at radius 3 is 2.62 bits per heavy atom. The number of benzene rings is 1. The van der Waals surface area contributed by atoms with Gasteiger partial charge in [0.1, 0.15) is 0 Å². The summed E-state index contributed by atoms with van der Waals surface area (Å²) in [5, 5.41) is 9.73. The lowest BCUT2D eigenvalue weighted by Crippen LogP contribution is -2.49. The molecule has 1 aliphatic heterocycles. The molecule has 0 aliphatic carbocycles. The minimum absolute atomic E-state index is 0.0623. The van der Waals surface area contributed by atoms with Crippen LogP contribution in [0.15, 0.2) is 29.3 Å². The Morgan fingerprint density at radius 1 is 1.24 bits per heavy atom. The molecule has 0 bridgehead atoms. The monoisotopic (exact) mass is 403 g/mol. The number of carbonyl (C=O) groups is 1. The first-order chi connectivity index (χ1) is 13.8.